The van der Waals surface area contributed by atoms with Crippen molar-refractivity contribution in [2.75, 3.05) is 121 Å². The van der Waals surface area contributed by atoms with Gasteiger partial charge in [-0.15, -0.1) is 0 Å². The number of likely N-dealkylation sites (tertiary alicyclic amines) is 2. The molecular formula is C72H81N11O9Si. The van der Waals surface area contributed by atoms with Crippen LogP contribution in [0.3, 0.4) is 0 Å². The molecule has 4 N–H and O–H groups in total. The molecular weight excluding hydrogens is 1190 g/mol. The van der Waals surface area contributed by atoms with Gasteiger partial charge < -0.3 is 50.0 Å². The molecule has 93 heavy (non-hydrogen) atoms. The SMILES string of the molecule is CN(C)c1ccc2c(c1)[Si](C)(C)c1cc(N(C)C)ccc1C21OC(=O)c2ccc(C(=O)NCCCCCC(=O)NCCOc3cc(C(=O)Nc4ccc5cccc(OCCN6CCCC6)c5n4)nc(C(=O)Nc4ccc5cccc(OCCN6CCCC6)c5n4)c3)cc21. The summed E-state index contributed by atoms with van der Waals surface area (Å²) < 4.78 is 25.1. The van der Waals surface area contributed by atoms with Crippen molar-refractivity contribution in [2.45, 2.75) is 70.1 Å². The molecule has 20 nitrogen and oxygen atoms in total. The number of para-hydroxylation sites is 2. The second-order valence-electron chi connectivity index (χ2n) is 25.3. The van der Waals surface area contributed by atoms with E-state index in [9.17, 15) is 24.0 Å². The third kappa shape index (κ3) is 13.9. The number of carbonyl (C=O) groups excluding carboxylic acids is 5. The van der Waals surface area contributed by atoms with Crippen molar-refractivity contribution in [3.63, 3.8) is 0 Å². The minimum atomic E-state index is -2.36. The molecule has 4 amide bonds. The van der Waals surface area contributed by atoms with Crippen LogP contribution in [0.1, 0.15) is 110 Å². The number of hydrogen-bond acceptors (Lipinski definition) is 16. The highest BCUT2D eigenvalue weighted by Crippen LogP contribution is 2.50. The largest absolute Gasteiger partial charge is 0.492 e. The van der Waals surface area contributed by atoms with Crippen molar-refractivity contribution in [3.8, 4) is 17.2 Å². The van der Waals surface area contributed by atoms with E-state index in [1.165, 1.54) is 48.2 Å². The third-order valence-corrected chi connectivity index (χ3v) is 21.7. The molecule has 0 unspecified atom stereocenters. The van der Waals surface area contributed by atoms with Crippen LogP contribution in [0.2, 0.25) is 13.1 Å². The van der Waals surface area contributed by atoms with E-state index in [0.717, 1.165) is 72.5 Å². The summed E-state index contributed by atoms with van der Waals surface area (Å²) in [6.45, 7) is 12.1. The zero-order valence-electron chi connectivity index (χ0n) is 53.9. The summed E-state index contributed by atoms with van der Waals surface area (Å²) >= 11 is 0. The standard InChI is InChI=1S/C72H81N11O9Si/c1-80(2)50-24-27-54-61(43-50)93(5,6)62-44-51(81(3)4)25-28-55(62)72(54)56-42-49(21-26-53(56)71(88)92-72)68(85)74-31-9-7-8-20-65(84)73-32-39-89-52-45-57(69(86)78-63-29-22-47-16-14-18-59(66(47)76-63)90-40-37-82-33-10-11-34-82)75-58(46-52)70(87)79-64-30-23-48-17-15-19-60(67(48)77-64)91-41-38-83-35-12-13-36-83/h14-19,21-30,42-46H,7-13,20,31-41H2,1-6H3,(H,73,84)(H,74,85)(H,76,78,86)(H,77,79,87). The molecule has 1 spiro atoms. The number of esters is 1. The summed E-state index contributed by atoms with van der Waals surface area (Å²) in [6, 6.07) is 39.4. The first-order chi connectivity index (χ1) is 45.0. The van der Waals surface area contributed by atoms with Gasteiger partial charge in [-0.05, 0) is 154 Å². The molecule has 482 valence electrons. The Kier molecular flexibility index (Phi) is 19.0. The van der Waals surface area contributed by atoms with Gasteiger partial charge in [-0.3, -0.25) is 29.0 Å². The highest BCUT2D eigenvalue weighted by atomic mass is 28.3. The fourth-order valence-corrected chi connectivity index (χ4v) is 16.3. The molecule has 4 aliphatic heterocycles. The predicted molar refractivity (Wildman–Crippen MR) is 365 cm³/mol. The Morgan fingerprint density at radius 1 is 0.559 bits per heavy atom. The van der Waals surface area contributed by atoms with Gasteiger partial charge in [0.25, 0.3) is 17.7 Å². The molecule has 0 aliphatic carbocycles. The lowest BCUT2D eigenvalue weighted by molar-refractivity contribution is -0.121. The van der Waals surface area contributed by atoms with E-state index >= 15 is 0 Å². The fourth-order valence-electron chi connectivity index (χ4n) is 13.1. The number of pyridine rings is 3. The molecule has 0 atom stereocenters. The van der Waals surface area contributed by atoms with Crippen molar-refractivity contribution >= 4 is 92.9 Å². The molecule has 8 aromatic rings. The molecule has 2 saturated heterocycles. The number of fused-ring (bicyclic) bond motifs is 8. The van der Waals surface area contributed by atoms with Gasteiger partial charge in [-0.1, -0.05) is 55.9 Å². The second kappa shape index (κ2) is 27.8. The molecule has 21 heteroatoms. The molecule has 7 heterocycles. The lowest BCUT2D eigenvalue weighted by Crippen LogP contribution is -2.63. The normalized spacial score (nSPS) is 15.3. The number of ether oxygens (including phenoxy) is 4. The van der Waals surface area contributed by atoms with E-state index in [1.807, 2.05) is 82.8 Å². The minimum absolute atomic E-state index is 0.0149. The van der Waals surface area contributed by atoms with E-state index in [2.05, 4.69) is 95.3 Å². The van der Waals surface area contributed by atoms with E-state index in [1.54, 1.807) is 24.3 Å². The molecule has 12 rings (SSSR count). The first kappa shape index (κ1) is 63.7. The Hall–Kier alpha value is -9.44. The maximum atomic E-state index is 14.1. The number of benzene rings is 5. The number of aromatic nitrogens is 3. The summed E-state index contributed by atoms with van der Waals surface area (Å²) in [5.41, 5.74) is 5.19. The van der Waals surface area contributed by atoms with Crippen LogP contribution >= 0.6 is 0 Å². The quantitative estimate of drug-likeness (QED) is 0.0238. The lowest BCUT2D eigenvalue weighted by Gasteiger charge is -2.44. The van der Waals surface area contributed by atoms with Crippen LogP contribution in [0, 0.1) is 0 Å². The molecule has 4 aliphatic rings. The average molecular weight is 1270 g/mol. The summed E-state index contributed by atoms with van der Waals surface area (Å²) in [5.74, 6) is -0.256. The number of hydrogen-bond donors (Lipinski definition) is 4. The van der Waals surface area contributed by atoms with Crippen molar-refractivity contribution in [1.82, 2.24) is 35.4 Å². The van der Waals surface area contributed by atoms with Crippen LogP contribution in [-0.4, -0.2) is 163 Å². The van der Waals surface area contributed by atoms with Gasteiger partial charge >= 0.3 is 5.97 Å². The van der Waals surface area contributed by atoms with Gasteiger partial charge in [0, 0.05) is 111 Å². The van der Waals surface area contributed by atoms with Crippen molar-refractivity contribution in [3.05, 3.63) is 167 Å². The predicted octanol–water partition coefficient (Wildman–Crippen LogP) is 8.85. The van der Waals surface area contributed by atoms with Crippen LogP contribution < -0.4 is 55.7 Å². The monoisotopic (exact) mass is 1270 g/mol. The number of anilines is 4. The zero-order chi connectivity index (χ0) is 64.8. The van der Waals surface area contributed by atoms with E-state index in [0.29, 0.717) is 78.2 Å². The Morgan fingerprint density at radius 3 is 1.65 bits per heavy atom. The molecule has 0 saturated carbocycles. The number of rotatable bonds is 25. The second-order valence-corrected chi connectivity index (χ2v) is 29.6. The van der Waals surface area contributed by atoms with Crippen LogP contribution in [0.15, 0.2) is 127 Å². The van der Waals surface area contributed by atoms with E-state index in [4.69, 9.17) is 28.9 Å². The van der Waals surface area contributed by atoms with Gasteiger partial charge in [-0.25, -0.2) is 19.7 Å². The Morgan fingerprint density at radius 2 is 1.11 bits per heavy atom. The third-order valence-electron chi connectivity index (χ3n) is 18.2. The van der Waals surface area contributed by atoms with Crippen molar-refractivity contribution < 1.29 is 42.9 Å². The average Bonchev–Trinajstić information content (AvgIpc) is 1.59. The summed E-state index contributed by atoms with van der Waals surface area (Å²) in [5, 5.41) is 15.7. The highest BCUT2D eigenvalue weighted by molar-refractivity contribution is 7.01. The molecule has 0 radical (unpaired) electrons. The van der Waals surface area contributed by atoms with Crippen molar-refractivity contribution in [2.24, 2.45) is 0 Å². The van der Waals surface area contributed by atoms with Crippen LogP contribution in [0.4, 0.5) is 23.0 Å². The zero-order valence-corrected chi connectivity index (χ0v) is 54.9. The first-order valence-electron chi connectivity index (χ1n) is 32.4. The maximum absolute atomic E-state index is 14.1. The van der Waals surface area contributed by atoms with Gasteiger partial charge in [0.15, 0.2) is 5.60 Å². The number of nitrogens with zero attached hydrogens (tertiary/aromatic N) is 7. The Labute approximate surface area is 543 Å². The molecule has 0 bridgehead atoms. The van der Waals surface area contributed by atoms with Gasteiger partial charge in [0.05, 0.1) is 12.1 Å². The summed E-state index contributed by atoms with van der Waals surface area (Å²) in [4.78, 5) is 92.2. The smallest absolute Gasteiger partial charge is 0.340 e. The lowest BCUT2D eigenvalue weighted by atomic mass is 9.78. The number of nitrogens with one attached hydrogen (secondary N) is 4. The number of amides is 4. The number of carbonyl (C=O) groups is 5. The maximum Gasteiger partial charge on any atom is 0.340 e. The minimum Gasteiger partial charge on any atom is -0.492 e. The van der Waals surface area contributed by atoms with Gasteiger partial charge in [-0.2, -0.15) is 0 Å². The fraction of sp³-hybridized carbons (Fsp3) is 0.361. The molecule has 5 aromatic carbocycles. The Bertz CT molecular complexity index is 3950. The van der Waals surface area contributed by atoms with Crippen LogP contribution in [-0.2, 0) is 15.1 Å². The molecule has 2 fully saturated rings. The first-order valence-corrected chi connectivity index (χ1v) is 35.4. The highest BCUT2D eigenvalue weighted by Gasteiger charge is 2.56. The van der Waals surface area contributed by atoms with Crippen LogP contribution in [0.5, 0.6) is 17.2 Å². The van der Waals surface area contributed by atoms with E-state index < -0.39 is 31.5 Å². The molecule has 3 aromatic heterocycles. The summed E-state index contributed by atoms with van der Waals surface area (Å²) in [6.07, 6.45) is 6.89. The summed E-state index contributed by atoms with van der Waals surface area (Å²) in [7, 11) is 5.73. The van der Waals surface area contributed by atoms with Crippen molar-refractivity contribution in [1.29, 1.82) is 0 Å². The topological polar surface area (TPSA) is 222 Å². The van der Waals surface area contributed by atoms with Gasteiger partial charge in [0.2, 0.25) is 5.91 Å². The number of unbranched alkanes of at least 4 members (excludes halogenated alkanes) is 2. The van der Waals surface area contributed by atoms with Crippen LogP contribution in [0.25, 0.3) is 21.8 Å². The Balaban J connectivity index is 0.669. The van der Waals surface area contributed by atoms with Gasteiger partial charge in [0.1, 0.15) is 79.2 Å². The van der Waals surface area contributed by atoms with E-state index in [-0.39, 0.29) is 60.2 Å².